The van der Waals surface area contributed by atoms with Gasteiger partial charge in [0.05, 0.1) is 5.39 Å². The van der Waals surface area contributed by atoms with Gasteiger partial charge in [-0.2, -0.15) is 0 Å². The van der Waals surface area contributed by atoms with E-state index in [1.807, 2.05) is 39.0 Å². The summed E-state index contributed by atoms with van der Waals surface area (Å²) in [6.07, 6.45) is 3.30. The van der Waals surface area contributed by atoms with Crippen LogP contribution >= 0.6 is 11.3 Å². The Morgan fingerprint density at radius 1 is 1.23 bits per heavy atom. The molecule has 6 heteroatoms. The summed E-state index contributed by atoms with van der Waals surface area (Å²) in [7, 11) is 0. The molecule has 3 rings (SSSR count). The van der Waals surface area contributed by atoms with Gasteiger partial charge in [-0.05, 0) is 44.7 Å². The highest BCUT2D eigenvalue weighted by Gasteiger charge is 2.15. The summed E-state index contributed by atoms with van der Waals surface area (Å²) in [6, 6.07) is 10.4. The summed E-state index contributed by atoms with van der Waals surface area (Å²) in [5.41, 5.74) is 2.38. The van der Waals surface area contributed by atoms with Crippen molar-refractivity contribution in [2.45, 2.75) is 39.7 Å². The van der Waals surface area contributed by atoms with Crippen LogP contribution in [0.5, 0.6) is 5.88 Å². The summed E-state index contributed by atoms with van der Waals surface area (Å²) in [6.45, 7) is 6.04. The van der Waals surface area contributed by atoms with Gasteiger partial charge in [-0.1, -0.05) is 30.3 Å². The number of fused-ring (bicyclic) bond motifs is 1. The van der Waals surface area contributed by atoms with Crippen molar-refractivity contribution in [2.75, 3.05) is 6.61 Å². The van der Waals surface area contributed by atoms with Crippen LogP contribution < -0.4 is 10.1 Å². The van der Waals surface area contributed by atoms with Crippen LogP contribution in [-0.2, 0) is 11.2 Å². The highest BCUT2D eigenvalue weighted by Crippen LogP contribution is 2.33. The number of aryl methyl sites for hydroxylation is 3. The third-order valence-corrected chi connectivity index (χ3v) is 5.50. The van der Waals surface area contributed by atoms with Gasteiger partial charge in [0.25, 0.3) is 5.91 Å². The molecule has 0 radical (unpaired) electrons. The molecule has 136 valence electrons. The van der Waals surface area contributed by atoms with Crippen LogP contribution in [-0.4, -0.2) is 28.5 Å². The lowest BCUT2D eigenvalue weighted by atomic mass is 10.1. The summed E-state index contributed by atoms with van der Waals surface area (Å²) in [5.74, 6) is 0.339. The average molecular weight is 369 g/mol. The molecule has 0 fully saturated rings. The van der Waals surface area contributed by atoms with Crippen LogP contribution in [0.4, 0.5) is 0 Å². The maximum Gasteiger partial charge on any atom is 0.258 e. The molecule has 0 spiro atoms. The Morgan fingerprint density at radius 2 is 2.00 bits per heavy atom. The summed E-state index contributed by atoms with van der Waals surface area (Å²) < 4.78 is 5.68. The van der Waals surface area contributed by atoms with Crippen LogP contribution in [0, 0.1) is 13.8 Å². The van der Waals surface area contributed by atoms with E-state index in [0.717, 1.165) is 28.6 Å². The quantitative estimate of drug-likeness (QED) is 0.687. The number of ether oxygens (including phenoxy) is 1. The van der Waals surface area contributed by atoms with E-state index < -0.39 is 0 Å². The van der Waals surface area contributed by atoms with E-state index >= 15 is 0 Å². The van der Waals surface area contributed by atoms with Crippen molar-refractivity contribution in [3.63, 3.8) is 0 Å². The molecule has 0 saturated heterocycles. The predicted molar refractivity (Wildman–Crippen MR) is 105 cm³/mol. The van der Waals surface area contributed by atoms with Crippen molar-refractivity contribution in [3.05, 3.63) is 52.7 Å². The Hall–Kier alpha value is -2.47. The van der Waals surface area contributed by atoms with Crippen LogP contribution in [0.1, 0.15) is 29.3 Å². The molecule has 0 aliphatic rings. The number of hydrogen-bond donors (Lipinski definition) is 1. The second kappa shape index (κ2) is 8.27. The zero-order valence-electron chi connectivity index (χ0n) is 15.3. The zero-order valence-corrected chi connectivity index (χ0v) is 16.1. The van der Waals surface area contributed by atoms with Gasteiger partial charge in [-0.25, -0.2) is 9.97 Å². The number of carbonyl (C=O) groups is 1. The normalized spacial score (nSPS) is 12.1. The van der Waals surface area contributed by atoms with E-state index in [2.05, 4.69) is 27.4 Å². The van der Waals surface area contributed by atoms with Crippen LogP contribution in [0.2, 0.25) is 0 Å². The Kier molecular flexibility index (Phi) is 5.83. The molecule has 0 aliphatic carbocycles. The number of carbonyl (C=O) groups excluding carboxylic acids is 1. The standard InChI is InChI=1S/C20H23N3O2S/c1-13(9-10-16-7-5-4-6-8-16)23-17(24)11-25-19-18-14(2)15(3)26-20(18)22-12-21-19/h4-8,12-13H,9-11H2,1-3H3,(H,23,24). The highest BCUT2D eigenvalue weighted by molar-refractivity contribution is 7.18. The van der Waals surface area contributed by atoms with Gasteiger partial charge >= 0.3 is 0 Å². The molecule has 2 heterocycles. The third-order valence-electron chi connectivity index (χ3n) is 4.39. The molecule has 1 atom stereocenters. The number of hydrogen-bond acceptors (Lipinski definition) is 5. The fourth-order valence-corrected chi connectivity index (χ4v) is 3.80. The van der Waals surface area contributed by atoms with Gasteiger partial charge in [0.2, 0.25) is 5.88 Å². The lowest BCUT2D eigenvalue weighted by molar-refractivity contribution is -0.123. The van der Waals surface area contributed by atoms with Crippen molar-refractivity contribution in [1.29, 1.82) is 0 Å². The second-order valence-electron chi connectivity index (χ2n) is 6.42. The smallest absolute Gasteiger partial charge is 0.258 e. The van der Waals surface area contributed by atoms with E-state index in [9.17, 15) is 4.79 Å². The number of nitrogens with zero attached hydrogens (tertiary/aromatic N) is 2. The molecule has 0 saturated carbocycles. The molecule has 3 aromatic rings. The van der Waals surface area contributed by atoms with Gasteiger partial charge in [0, 0.05) is 10.9 Å². The first-order chi connectivity index (χ1) is 12.5. The fraction of sp³-hybridized carbons (Fsp3) is 0.350. The maximum atomic E-state index is 12.2. The number of benzene rings is 1. The first kappa shape index (κ1) is 18.3. The predicted octanol–water partition coefficient (Wildman–Crippen LogP) is 3.82. The molecule has 1 aromatic carbocycles. The van der Waals surface area contributed by atoms with Gasteiger partial charge in [0.1, 0.15) is 11.2 Å². The van der Waals surface area contributed by atoms with E-state index in [1.165, 1.54) is 16.8 Å². The van der Waals surface area contributed by atoms with Crippen molar-refractivity contribution in [2.24, 2.45) is 0 Å². The SMILES string of the molecule is Cc1sc2ncnc(OCC(=O)NC(C)CCc3ccccc3)c2c1C. The van der Waals surface area contributed by atoms with E-state index in [-0.39, 0.29) is 18.6 Å². The Bertz CT molecular complexity index is 893. The van der Waals surface area contributed by atoms with Gasteiger partial charge < -0.3 is 10.1 Å². The molecule has 0 aliphatic heterocycles. The molecule has 5 nitrogen and oxygen atoms in total. The average Bonchev–Trinajstić information content (AvgIpc) is 2.94. The molecule has 1 amide bonds. The Labute approximate surface area is 157 Å². The van der Waals surface area contributed by atoms with Crippen LogP contribution in [0.15, 0.2) is 36.7 Å². The molecule has 0 bridgehead atoms. The summed E-state index contributed by atoms with van der Waals surface area (Å²) in [4.78, 5) is 22.7. The fourth-order valence-electron chi connectivity index (χ4n) is 2.81. The summed E-state index contributed by atoms with van der Waals surface area (Å²) in [5, 5.41) is 3.89. The van der Waals surface area contributed by atoms with E-state index in [1.54, 1.807) is 11.3 Å². The lowest BCUT2D eigenvalue weighted by Gasteiger charge is -2.14. The monoisotopic (exact) mass is 369 g/mol. The number of rotatable bonds is 7. The van der Waals surface area contributed by atoms with Crippen molar-refractivity contribution in [1.82, 2.24) is 15.3 Å². The minimum absolute atomic E-state index is 0.0455. The van der Waals surface area contributed by atoms with Crippen molar-refractivity contribution in [3.8, 4) is 5.88 Å². The number of thiophene rings is 1. The second-order valence-corrected chi connectivity index (χ2v) is 7.63. The third kappa shape index (κ3) is 4.38. The lowest BCUT2D eigenvalue weighted by Crippen LogP contribution is -2.36. The van der Waals surface area contributed by atoms with E-state index in [0.29, 0.717) is 5.88 Å². The Morgan fingerprint density at radius 3 is 2.77 bits per heavy atom. The van der Waals surface area contributed by atoms with Gasteiger partial charge in [0.15, 0.2) is 6.61 Å². The van der Waals surface area contributed by atoms with Gasteiger partial charge in [-0.3, -0.25) is 4.79 Å². The number of amides is 1. The first-order valence-electron chi connectivity index (χ1n) is 8.71. The maximum absolute atomic E-state index is 12.2. The number of nitrogens with one attached hydrogen (secondary N) is 1. The minimum atomic E-state index is -0.137. The van der Waals surface area contributed by atoms with Gasteiger partial charge in [-0.15, -0.1) is 11.3 Å². The molecule has 1 N–H and O–H groups in total. The first-order valence-corrected chi connectivity index (χ1v) is 9.53. The van der Waals surface area contributed by atoms with Crippen molar-refractivity contribution < 1.29 is 9.53 Å². The van der Waals surface area contributed by atoms with Crippen LogP contribution in [0.25, 0.3) is 10.2 Å². The van der Waals surface area contributed by atoms with Crippen LogP contribution in [0.3, 0.4) is 0 Å². The van der Waals surface area contributed by atoms with E-state index in [4.69, 9.17) is 4.74 Å². The topological polar surface area (TPSA) is 64.1 Å². The highest BCUT2D eigenvalue weighted by atomic mass is 32.1. The largest absolute Gasteiger partial charge is 0.467 e. The molecular weight excluding hydrogens is 346 g/mol. The molecule has 1 unspecified atom stereocenters. The number of aromatic nitrogens is 2. The molecular formula is C20H23N3O2S. The minimum Gasteiger partial charge on any atom is -0.467 e. The Balaban J connectivity index is 1.53. The molecule has 2 aromatic heterocycles. The zero-order chi connectivity index (χ0) is 18.5. The summed E-state index contributed by atoms with van der Waals surface area (Å²) >= 11 is 1.61. The molecule has 26 heavy (non-hydrogen) atoms. The van der Waals surface area contributed by atoms with Crippen molar-refractivity contribution >= 4 is 27.5 Å².